The van der Waals surface area contributed by atoms with Crippen molar-refractivity contribution < 1.29 is 42.1 Å². The number of nitrogens with one attached hydrogen (secondary N) is 1. The second-order valence-electron chi connectivity index (χ2n) is 6.21. The van der Waals surface area contributed by atoms with Gasteiger partial charge in [-0.3, -0.25) is 0 Å². The molecule has 26 heavy (non-hydrogen) atoms. The number of ether oxygens (including phenoxy) is 3. The topological polar surface area (TPSA) is 94.1 Å². The molecule has 0 aliphatic heterocycles. The van der Waals surface area contributed by atoms with E-state index in [0.29, 0.717) is 0 Å². The largest absolute Gasteiger partial charge is 0.573 e. The van der Waals surface area contributed by atoms with Gasteiger partial charge in [0.05, 0.1) is 13.2 Å². The summed E-state index contributed by atoms with van der Waals surface area (Å²) in [5.74, 6) is -1.83. The highest BCUT2D eigenvalue weighted by atomic mass is 19.4. The number of alkyl halides is 3. The van der Waals surface area contributed by atoms with Crippen LogP contribution in [0.3, 0.4) is 0 Å². The van der Waals surface area contributed by atoms with E-state index in [-0.39, 0.29) is 12.2 Å². The molecular formula is C16H20F3NO6. The molecule has 1 amide bonds. The van der Waals surface area contributed by atoms with Gasteiger partial charge in [0, 0.05) is 5.56 Å². The Kier molecular flexibility index (Phi) is 7.25. The van der Waals surface area contributed by atoms with Crippen LogP contribution in [0.5, 0.6) is 5.75 Å². The molecule has 1 aromatic rings. The minimum atomic E-state index is -4.86. The summed E-state index contributed by atoms with van der Waals surface area (Å²) in [6.07, 6.45) is -5.81. The second-order valence-corrected chi connectivity index (χ2v) is 6.21. The van der Waals surface area contributed by atoms with Crippen molar-refractivity contribution in [3.63, 3.8) is 0 Å². The van der Waals surface area contributed by atoms with Gasteiger partial charge in [0.25, 0.3) is 0 Å². The third-order valence-corrected chi connectivity index (χ3v) is 2.73. The minimum absolute atomic E-state index is 0.0752. The summed E-state index contributed by atoms with van der Waals surface area (Å²) in [6, 6.07) is 3.86. The minimum Gasteiger partial charge on any atom is -0.480 e. The van der Waals surface area contributed by atoms with Crippen LogP contribution in [0.25, 0.3) is 0 Å². The van der Waals surface area contributed by atoms with Crippen molar-refractivity contribution in [3.05, 3.63) is 29.8 Å². The Morgan fingerprint density at radius 1 is 1.19 bits per heavy atom. The molecule has 0 radical (unpaired) electrons. The Balaban J connectivity index is 2.64. The van der Waals surface area contributed by atoms with Gasteiger partial charge in [-0.2, -0.15) is 0 Å². The quantitative estimate of drug-likeness (QED) is 0.756. The van der Waals surface area contributed by atoms with Crippen molar-refractivity contribution in [2.45, 2.75) is 45.4 Å². The fraction of sp³-hybridized carbons (Fsp3) is 0.500. The van der Waals surface area contributed by atoms with E-state index in [9.17, 15) is 22.8 Å². The molecule has 0 saturated heterocycles. The van der Waals surface area contributed by atoms with Crippen molar-refractivity contribution in [1.82, 2.24) is 5.32 Å². The number of amides is 1. The zero-order valence-corrected chi connectivity index (χ0v) is 14.4. The fourth-order valence-electron chi connectivity index (χ4n) is 1.76. The zero-order valence-electron chi connectivity index (χ0n) is 14.4. The summed E-state index contributed by atoms with van der Waals surface area (Å²) in [5, 5.41) is 11.2. The molecule has 7 nitrogen and oxygen atoms in total. The lowest BCUT2D eigenvalue weighted by atomic mass is 10.2. The summed E-state index contributed by atoms with van der Waals surface area (Å²) in [7, 11) is 0. The number of alkyl carbamates (subject to hydrolysis) is 1. The first-order valence-corrected chi connectivity index (χ1v) is 7.51. The molecule has 2 N–H and O–H groups in total. The standard InChI is InChI=1S/C16H20F3NO6/c1-15(2,3)26-14(23)20-11(13(21)22)9-24-8-10-6-4-5-7-12(10)25-16(17,18)19/h4-7,11H,8-9H2,1-3H3,(H,20,23)(H,21,22)/t11-/m0/s1. The Labute approximate surface area is 148 Å². The van der Waals surface area contributed by atoms with E-state index in [4.69, 9.17) is 14.6 Å². The summed E-state index contributed by atoms with van der Waals surface area (Å²) >= 11 is 0. The van der Waals surface area contributed by atoms with Crippen LogP contribution < -0.4 is 10.1 Å². The predicted octanol–water partition coefficient (Wildman–Crippen LogP) is 3.08. The maximum atomic E-state index is 12.4. The smallest absolute Gasteiger partial charge is 0.480 e. The Morgan fingerprint density at radius 2 is 1.81 bits per heavy atom. The fourth-order valence-corrected chi connectivity index (χ4v) is 1.76. The van der Waals surface area contributed by atoms with Crippen LogP contribution in [-0.4, -0.2) is 41.8 Å². The SMILES string of the molecule is CC(C)(C)OC(=O)N[C@@H](COCc1ccccc1OC(F)(F)F)C(=O)O. The van der Waals surface area contributed by atoms with E-state index in [2.05, 4.69) is 10.1 Å². The molecular weight excluding hydrogens is 359 g/mol. The van der Waals surface area contributed by atoms with Gasteiger partial charge in [0.1, 0.15) is 11.4 Å². The third kappa shape index (κ3) is 8.56. The molecule has 0 aliphatic carbocycles. The van der Waals surface area contributed by atoms with Crippen molar-refractivity contribution in [3.8, 4) is 5.75 Å². The van der Waals surface area contributed by atoms with Crippen LogP contribution in [0.1, 0.15) is 26.3 Å². The zero-order chi connectivity index (χ0) is 20.0. The molecule has 0 aromatic heterocycles. The lowest BCUT2D eigenvalue weighted by molar-refractivity contribution is -0.275. The maximum Gasteiger partial charge on any atom is 0.573 e. The van der Waals surface area contributed by atoms with E-state index in [1.165, 1.54) is 18.2 Å². The predicted molar refractivity (Wildman–Crippen MR) is 83.6 cm³/mol. The van der Waals surface area contributed by atoms with Crippen molar-refractivity contribution >= 4 is 12.1 Å². The Hall–Kier alpha value is -2.49. The molecule has 10 heteroatoms. The number of benzene rings is 1. The summed E-state index contributed by atoms with van der Waals surface area (Å²) < 4.78 is 51.0. The van der Waals surface area contributed by atoms with Crippen molar-refractivity contribution in [2.24, 2.45) is 0 Å². The number of rotatable bonds is 7. The Morgan fingerprint density at radius 3 is 2.35 bits per heavy atom. The molecule has 1 atom stereocenters. The van der Waals surface area contributed by atoms with Crippen molar-refractivity contribution in [2.75, 3.05) is 6.61 Å². The van der Waals surface area contributed by atoms with Crippen LogP contribution in [0.2, 0.25) is 0 Å². The van der Waals surface area contributed by atoms with Gasteiger partial charge in [0.15, 0.2) is 6.04 Å². The lowest BCUT2D eigenvalue weighted by Gasteiger charge is -2.22. The van der Waals surface area contributed by atoms with E-state index in [1.54, 1.807) is 20.8 Å². The number of carbonyl (C=O) groups is 2. The van der Waals surface area contributed by atoms with Gasteiger partial charge >= 0.3 is 18.4 Å². The lowest BCUT2D eigenvalue weighted by Crippen LogP contribution is -2.46. The molecule has 0 heterocycles. The highest BCUT2D eigenvalue weighted by Gasteiger charge is 2.32. The van der Waals surface area contributed by atoms with E-state index < -0.39 is 42.4 Å². The highest BCUT2D eigenvalue weighted by molar-refractivity contribution is 5.80. The average molecular weight is 379 g/mol. The molecule has 0 fully saturated rings. The first-order valence-electron chi connectivity index (χ1n) is 7.51. The molecule has 0 saturated carbocycles. The normalized spacial score (nSPS) is 13.0. The monoisotopic (exact) mass is 379 g/mol. The van der Waals surface area contributed by atoms with Crippen LogP contribution in [0, 0.1) is 0 Å². The van der Waals surface area contributed by atoms with Crippen LogP contribution >= 0.6 is 0 Å². The summed E-state index contributed by atoms with van der Waals surface area (Å²) in [4.78, 5) is 22.8. The molecule has 0 unspecified atom stereocenters. The van der Waals surface area contributed by atoms with Gasteiger partial charge in [0.2, 0.25) is 0 Å². The van der Waals surface area contributed by atoms with Gasteiger partial charge in [-0.05, 0) is 26.8 Å². The number of para-hydroxylation sites is 1. The number of hydrogen-bond acceptors (Lipinski definition) is 5. The molecule has 0 spiro atoms. The maximum absolute atomic E-state index is 12.4. The molecule has 1 aromatic carbocycles. The second kappa shape index (κ2) is 8.75. The van der Waals surface area contributed by atoms with Gasteiger partial charge < -0.3 is 24.6 Å². The van der Waals surface area contributed by atoms with E-state index in [0.717, 1.165) is 6.07 Å². The van der Waals surface area contributed by atoms with Gasteiger partial charge in [-0.15, -0.1) is 13.2 Å². The number of carbonyl (C=O) groups excluding carboxylic acids is 1. The summed E-state index contributed by atoms with van der Waals surface area (Å²) in [6.45, 7) is 4.00. The number of aliphatic carboxylic acids is 1. The first kappa shape index (κ1) is 21.6. The number of halogens is 3. The van der Waals surface area contributed by atoms with Gasteiger partial charge in [-0.25, -0.2) is 9.59 Å². The van der Waals surface area contributed by atoms with E-state index >= 15 is 0 Å². The van der Waals surface area contributed by atoms with Crippen LogP contribution in [0.15, 0.2) is 24.3 Å². The van der Waals surface area contributed by atoms with E-state index in [1.807, 2.05) is 0 Å². The number of hydrogen-bond donors (Lipinski definition) is 2. The van der Waals surface area contributed by atoms with Gasteiger partial charge in [-0.1, -0.05) is 18.2 Å². The molecule has 0 bridgehead atoms. The highest BCUT2D eigenvalue weighted by Crippen LogP contribution is 2.26. The average Bonchev–Trinajstić information content (AvgIpc) is 2.44. The molecule has 146 valence electrons. The molecule has 0 aliphatic rings. The molecule has 1 rings (SSSR count). The first-order chi connectivity index (χ1) is 11.9. The van der Waals surface area contributed by atoms with Crippen LogP contribution in [0.4, 0.5) is 18.0 Å². The van der Waals surface area contributed by atoms with Crippen LogP contribution in [-0.2, 0) is 20.9 Å². The number of carboxylic acid groups (broad SMARTS) is 1. The number of carboxylic acids is 1. The Bertz CT molecular complexity index is 627. The van der Waals surface area contributed by atoms with Crippen molar-refractivity contribution in [1.29, 1.82) is 0 Å². The summed E-state index contributed by atoms with van der Waals surface area (Å²) in [5.41, 5.74) is -0.742. The third-order valence-electron chi connectivity index (χ3n) is 2.73.